The summed E-state index contributed by atoms with van der Waals surface area (Å²) in [5, 5.41) is 0. The number of Topliss-reactive ketones (excluding diaryl/α,β-unsaturated/α-hetero) is 1. The third-order valence-electron chi connectivity index (χ3n) is 4.12. The van der Waals surface area contributed by atoms with E-state index in [1.54, 1.807) is 7.11 Å². The first kappa shape index (κ1) is 12.9. The van der Waals surface area contributed by atoms with Gasteiger partial charge in [-0.25, -0.2) is 0 Å². The molecule has 1 unspecified atom stereocenters. The number of ketones is 1. The fourth-order valence-corrected chi connectivity index (χ4v) is 2.88. The van der Waals surface area contributed by atoms with E-state index < -0.39 is 0 Å². The first-order chi connectivity index (χ1) is 9.69. The number of ether oxygens (including phenoxy) is 1. The van der Waals surface area contributed by atoms with Gasteiger partial charge in [-0.1, -0.05) is 36.4 Å². The number of methoxy groups -OCH3 is 1. The van der Waals surface area contributed by atoms with Crippen LogP contribution in [-0.4, -0.2) is 12.9 Å². The monoisotopic (exact) mass is 266 g/mol. The summed E-state index contributed by atoms with van der Waals surface area (Å²) >= 11 is 0. The molecule has 0 saturated carbocycles. The lowest BCUT2D eigenvalue weighted by Gasteiger charge is -2.29. The minimum Gasteiger partial charge on any atom is -0.496 e. The third-order valence-corrected chi connectivity index (χ3v) is 4.12. The van der Waals surface area contributed by atoms with Crippen molar-refractivity contribution >= 4 is 5.78 Å². The molecule has 1 atom stereocenters. The molecule has 2 nitrogen and oxygen atoms in total. The zero-order chi connectivity index (χ0) is 14.1. The third kappa shape index (κ3) is 2.22. The van der Waals surface area contributed by atoms with Crippen LogP contribution in [0.5, 0.6) is 5.75 Å². The van der Waals surface area contributed by atoms with Crippen LogP contribution in [0.4, 0.5) is 0 Å². The zero-order valence-corrected chi connectivity index (χ0v) is 11.8. The lowest BCUT2D eigenvalue weighted by atomic mass is 9.74. The van der Waals surface area contributed by atoms with E-state index in [-0.39, 0.29) is 5.78 Å². The molecular weight excluding hydrogens is 248 g/mol. The zero-order valence-electron chi connectivity index (χ0n) is 11.8. The van der Waals surface area contributed by atoms with Gasteiger partial charge in [0.05, 0.1) is 7.11 Å². The van der Waals surface area contributed by atoms with Crippen molar-refractivity contribution < 1.29 is 9.53 Å². The Morgan fingerprint density at radius 1 is 1.25 bits per heavy atom. The Bertz CT molecular complexity index is 658. The van der Waals surface area contributed by atoms with Gasteiger partial charge in [0.1, 0.15) is 5.75 Å². The second-order valence-corrected chi connectivity index (χ2v) is 5.41. The molecule has 0 amide bonds. The van der Waals surface area contributed by atoms with Crippen molar-refractivity contribution in [2.75, 3.05) is 7.11 Å². The quantitative estimate of drug-likeness (QED) is 0.784. The Morgan fingerprint density at radius 2 is 2.05 bits per heavy atom. The van der Waals surface area contributed by atoms with Gasteiger partial charge < -0.3 is 4.74 Å². The highest BCUT2D eigenvalue weighted by atomic mass is 16.5. The molecule has 3 rings (SSSR count). The van der Waals surface area contributed by atoms with Crippen LogP contribution in [0, 0.1) is 6.92 Å². The maximum atomic E-state index is 12.4. The van der Waals surface area contributed by atoms with Crippen LogP contribution >= 0.6 is 0 Å². The highest BCUT2D eigenvalue weighted by Gasteiger charge is 2.27. The molecule has 1 aliphatic rings. The summed E-state index contributed by atoms with van der Waals surface area (Å²) in [7, 11) is 1.64. The molecular formula is C18H18O2. The normalized spacial score (nSPS) is 16.2. The van der Waals surface area contributed by atoms with E-state index in [4.69, 9.17) is 4.74 Å². The van der Waals surface area contributed by atoms with Gasteiger partial charge in [-0.3, -0.25) is 4.79 Å². The Morgan fingerprint density at radius 3 is 2.80 bits per heavy atom. The van der Waals surface area contributed by atoms with Crippen LogP contribution in [0.15, 0.2) is 42.5 Å². The number of hydrogen-bond donors (Lipinski definition) is 0. The van der Waals surface area contributed by atoms with Gasteiger partial charge in [0.25, 0.3) is 0 Å². The maximum Gasteiger partial charge on any atom is 0.163 e. The molecule has 0 heterocycles. The fraction of sp³-hybridized carbons (Fsp3) is 0.278. The lowest BCUT2D eigenvalue weighted by molar-refractivity contribution is 0.0970. The summed E-state index contributed by atoms with van der Waals surface area (Å²) in [6.07, 6.45) is 1.61. The average Bonchev–Trinajstić information content (AvgIpc) is 2.45. The Kier molecular flexibility index (Phi) is 3.31. The highest BCUT2D eigenvalue weighted by Crippen LogP contribution is 2.38. The molecule has 0 aromatic heterocycles. The molecule has 102 valence electrons. The van der Waals surface area contributed by atoms with Crippen molar-refractivity contribution in [3.05, 3.63) is 64.7 Å². The van der Waals surface area contributed by atoms with Crippen LogP contribution in [0.2, 0.25) is 0 Å². The number of rotatable bonds is 4. The molecule has 0 saturated heterocycles. The summed E-state index contributed by atoms with van der Waals surface area (Å²) in [4.78, 5) is 12.4. The van der Waals surface area contributed by atoms with E-state index in [1.807, 2.05) is 31.2 Å². The van der Waals surface area contributed by atoms with E-state index in [1.165, 1.54) is 11.1 Å². The van der Waals surface area contributed by atoms with Gasteiger partial charge in [0, 0.05) is 12.0 Å². The molecule has 2 heteroatoms. The molecule has 0 spiro atoms. The van der Waals surface area contributed by atoms with Gasteiger partial charge >= 0.3 is 0 Å². The van der Waals surface area contributed by atoms with Gasteiger partial charge in [0.2, 0.25) is 0 Å². The van der Waals surface area contributed by atoms with Crippen molar-refractivity contribution in [1.82, 2.24) is 0 Å². The van der Waals surface area contributed by atoms with Crippen molar-refractivity contribution in [1.29, 1.82) is 0 Å². The van der Waals surface area contributed by atoms with Crippen LogP contribution in [0.25, 0.3) is 0 Å². The number of hydrogen-bond acceptors (Lipinski definition) is 2. The second-order valence-electron chi connectivity index (χ2n) is 5.41. The Labute approximate surface area is 119 Å². The molecule has 0 aliphatic heterocycles. The van der Waals surface area contributed by atoms with E-state index in [0.717, 1.165) is 23.3 Å². The summed E-state index contributed by atoms with van der Waals surface area (Å²) < 4.78 is 5.29. The van der Waals surface area contributed by atoms with Crippen molar-refractivity contribution in [2.24, 2.45) is 0 Å². The number of carbonyl (C=O) groups is 1. The minimum absolute atomic E-state index is 0.197. The van der Waals surface area contributed by atoms with Crippen molar-refractivity contribution in [3.63, 3.8) is 0 Å². The second kappa shape index (κ2) is 5.12. The number of aryl methyl sites for hydroxylation is 1. The van der Waals surface area contributed by atoms with Crippen LogP contribution in [0.1, 0.15) is 39.4 Å². The van der Waals surface area contributed by atoms with Crippen molar-refractivity contribution in [2.45, 2.75) is 25.7 Å². The predicted octanol–water partition coefficient (Wildman–Crippen LogP) is 3.92. The van der Waals surface area contributed by atoms with Gasteiger partial charge in [-0.15, -0.1) is 0 Å². The summed E-state index contributed by atoms with van der Waals surface area (Å²) in [6.45, 7) is 1.98. The van der Waals surface area contributed by atoms with Crippen LogP contribution in [0.3, 0.4) is 0 Å². The van der Waals surface area contributed by atoms with E-state index >= 15 is 0 Å². The Hall–Kier alpha value is -2.09. The maximum absolute atomic E-state index is 12.4. The number of carbonyl (C=O) groups excluding carboxylic acids is 1. The molecule has 1 aliphatic carbocycles. The smallest absolute Gasteiger partial charge is 0.163 e. The largest absolute Gasteiger partial charge is 0.496 e. The molecule has 2 aromatic carbocycles. The number of benzene rings is 2. The van der Waals surface area contributed by atoms with E-state index in [9.17, 15) is 4.79 Å². The molecule has 0 bridgehead atoms. The van der Waals surface area contributed by atoms with E-state index in [2.05, 4.69) is 18.2 Å². The first-order valence-corrected chi connectivity index (χ1v) is 6.94. The van der Waals surface area contributed by atoms with Crippen molar-refractivity contribution in [3.8, 4) is 5.75 Å². The van der Waals surface area contributed by atoms with Crippen LogP contribution < -0.4 is 4.74 Å². The highest BCUT2D eigenvalue weighted by molar-refractivity contribution is 5.97. The van der Waals surface area contributed by atoms with E-state index in [0.29, 0.717) is 12.3 Å². The Balaban J connectivity index is 1.75. The molecule has 20 heavy (non-hydrogen) atoms. The first-order valence-electron chi connectivity index (χ1n) is 6.94. The number of fused-ring (bicyclic) bond motifs is 1. The molecule has 2 aromatic rings. The topological polar surface area (TPSA) is 26.3 Å². The molecule has 0 radical (unpaired) electrons. The van der Waals surface area contributed by atoms with Gasteiger partial charge in [-0.05, 0) is 42.0 Å². The van der Waals surface area contributed by atoms with Gasteiger partial charge in [-0.2, -0.15) is 0 Å². The molecule has 0 N–H and O–H groups in total. The van der Waals surface area contributed by atoms with Gasteiger partial charge in [0.15, 0.2) is 5.78 Å². The predicted molar refractivity (Wildman–Crippen MR) is 79.6 cm³/mol. The lowest BCUT2D eigenvalue weighted by Crippen LogP contribution is -2.20. The van der Waals surface area contributed by atoms with Crippen LogP contribution in [-0.2, 0) is 6.42 Å². The minimum atomic E-state index is 0.197. The summed E-state index contributed by atoms with van der Waals surface area (Å²) in [5.41, 5.74) is 4.52. The average molecular weight is 266 g/mol. The molecule has 0 fully saturated rings. The summed E-state index contributed by atoms with van der Waals surface area (Å²) in [5.74, 6) is 1.36. The standard InChI is InChI=1S/C18H18O2/c1-12-7-8-14(11-18(12)20-2)17(19)10-15-9-13-5-3-4-6-16(13)15/h3-8,11,15H,9-10H2,1-2H3. The summed E-state index contributed by atoms with van der Waals surface area (Å²) in [6, 6.07) is 14.1. The fourth-order valence-electron chi connectivity index (χ4n) is 2.88. The SMILES string of the molecule is COc1cc(C(=O)CC2Cc3ccccc32)ccc1C.